The maximum absolute atomic E-state index is 12.7. The molecule has 0 bridgehead atoms. The molecule has 1 saturated heterocycles. The van der Waals surface area contributed by atoms with Gasteiger partial charge in [0.1, 0.15) is 0 Å². The van der Waals surface area contributed by atoms with Crippen LogP contribution in [0.15, 0.2) is 42.5 Å². The lowest BCUT2D eigenvalue weighted by Gasteiger charge is -2.30. The van der Waals surface area contributed by atoms with E-state index in [0.717, 1.165) is 44.6 Å². The smallest absolute Gasteiger partial charge is 0.255 e. The number of amides is 2. The molecule has 2 aromatic rings. The van der Waals surface area contributed by atoms with Crippen LogP contribution in [0, 0.1) is 5.92 Å². The molecule has 1 fully saturated rings. The molecule has 0 aliphatic carbocycles. The minimum atomic E-state index is -0.204. The summed E-state index contributed by atoms with van der Waals surface area (Å²) in [5.41, 5.74) is 7.85. The second kappa shape index (κ2) is 11.0. The summed E-state index contributed by atoms with van der Waals surface area (Å²) in [7, 11) is 1.56. The molecule has 0 radical (unpaired) electrons. The van der Waals surface area contributed by atoms with E-state index in [4.69, 9.17) is 15.2 Å². The highest BCUT2D eigenvalue weighted by molar-refractivity contribution is 6.04. The third kappa shape index (κ3) is 6.47. The molecule has 3 N–H and O–H groups in total. The Kier molecular flexibility index (Phi) is 8.11. The molecular formula is C25H33N3O4. The van der Waals surface area contributed by atoms with Crippen molar-refractivity contribution in [3.05, 3.63) is 53.6 Å². The molecule has 1 heterocycles. The summed E-state index contributed by atoms with van der Waals surface area (Å²) < 4.78 is 11.1. The summed E-state index contributed by atoms with van der Waals surface area (Å²) >= 11 is 0. The van der Waals surface area contributed by atoms with E-state index in [1.54, 1.807) is 25.3 Å². The fourth-order valence-electron chi connectivity index (χ4n) is 3.85. The molecule has 2 amide bonds. The van der Waals surface area contributed by atoms with E-state index in [0.29, 0.717) is 17.1 Å². The number of carbonyl (C=O) groups is 2. The Morgan fingerprint density at radius 2 is 1.78 bits per heavy atom. The number of methoxy groups -OCH3 is 1. The van der Waals surface area contributed by atoms with Crippen LogP contribution in [0.2, 0.25) is 0 Å². The van der Waals surface area contributed by atoms with Crippen molar-refractivity contribution < 1.29 is 19.1 Å². The lowest BCUT2D eigenvalue weighted by molar-refractivity contribution is -0.123. The summed E-state index contributed by atoms with van der Waals surface area (Å²) in [5.74, 6) is 0.780. The number of anilines is 1. The van der Waals surface area contributed by atoms with Gasteiger partial charge in [-0.05, 0) is 82.1 Å². The fraction of sp³-hybridized carbons (Fsp3) is 0.440. The van der Waals surface area contributed by atoms with Crippen molar-refractivity contribution in [2.45, 2.75) is 39.2 Å². The second-order valence-corrected chi connectivity index (χ2v) is 8.45. The maximum atomic E-state index is 12.7. The van der Waals surface area contributed by atoms with Gasteiger partial charge in [0, 0.05) is 23.7 Å². The van der Waals surface area contributed by atoms with Gasteiger partial charge in [-0.25, -0.2) is 0 Å². The fourth-order valence-corrected chi connectivity index (χ4v) is 3.85. The third-order valence-corrected chi connectivity index (χ3v) is 5.71. The number of ether oxygens (including phenoxy) is 2. The first-order valence-electron chi connectivity index (χ1n) is 11.1. The van der Waals surface area contributed by atoms with Crippen molar-refractivity contribution >= 4 is 17.5 Å². The van der Waals surface area contributed by atoms with Crippen LogP contribution in [-0.4, -0.2) is 49.6 Å². The zero-order valence-corrected chi connectivity index (χ0v) is 19.1. The zero-order valence-electron chi connectivity index (χ0n) is 19.1. The average Bonchev–Trinajstić information content (AvgIpc) is 2.78. The number of benzene rings is 2. The first-order valence-corrected chi connectivity index (χ1v) is 11.1. The lowest BCUT2D eigenvalue weighted by atomic mass is 9.96. The number of piperidine rings is 1. The predicted molar refractivity (Wildman–Crippen MR) is 125 cm³/mol. The van der Waals surface area contributed by atoms with Gasteiger partial charge in [-0.1, -0.05) is 12.1 Å². The van der Waals surface area contributed by atoms with Gasteiger partial charge >= 0.3 is 0 Å². The summed E-state index contributed by atoms with van der Waals surface area (Å²) in [6.07, 6.45) is 2.62. The SMILES string of the molecule is COc1cc(C(=O)Nc2ccc(CCN3CCC(C(N)=O)CC3)cc2)ccc1OC(C)C. The minimum absolute atomic E-state index is 0.0177. The largest absolute Gasteiger partial charge is 0.493 e. The third-order valence-electron chi connectivity index (χ3n) is 5.71. The highest BCUT2D eigenvalue weighted by Crippen LogP contribution is 2.29. The van der Waals surface area contributed by atoms with Crippen molar-refractivity contribution in [2.75, 3.05) is 32.1 Å². The molecule has 172 valence electrons. The second-order valence-electron chi connectivity index (χ2n) is 8.45. The first kappa shape index (κ1) is 23.6. The van der Waals surface area contributed by atoms with Crippen molar-refractivity contribution in [1.29, 1.82) is 0 Å². The Bertz CT molecular complexity index is 919. The Hall–Kier alpha value is -3.06. The van der Waals surface area contributed by atoms with Crippen LogP contribution in [0.1, 0.15) is 42.6 Å². The maximum Gasteiger partial charge on any atom is 0.255 e. The summed E-state index contributed by atoms with van der Waals surface area (Å²) in [6.45, 7) is 6.64. The van der Waals surface area contributed by atoms with E-state index in [9.17, 15) is 9.59 Å². The number of rotatable bonds is 9. The number of carbonyl (C=O) groups excluding carboxylic acids is 2. The van der Waals surface area contributed by atoms with Gasteiger partial charge in [0.15, 0.2) is 11.5 Å². The molecule has 0 aromatic heterocycles. The first-order chi connectivity index (χ1) is 15.4. The molecule has 0 atom stereocenters. The molecule has 3 rings (SSSR count). The lowest BCUT2D eigenvalue weighted by Crippen LogP contribution is -2.39. The predicted octanol–water partition coefficient (Wildman–Crippen LogP) is 3.47. The van der Waals surface area contributed by atoms with Crippen LogP contribution in [0.4, 0.5) is 5.69 Å². The van der Waals surface area contributed by atoms with E-state index in [2.05, 4.69) is 10.2 Å². The monoisotopic (exact) mass is 439 g/mol. The van der Waals surface area contributed by atoms with E-state index in [-0.39, 0.29) is 23.8 Å². The zero-order chi connectivity index (χ0) is 23.1. The van der Waals surface area contributed by atoms with E-state index in [1.165, 1.54) is 5.56 Å². The summed E-state index contributed by atoms with van der Waals surface area (Å²) in [4.78, 5) is 26.3. The van der Waals surface area contributed by atoms with Gasteiger partial charge in [-0.3, -0.25) is 9.59 Å². The van der Waals surface area contributed by atoms with Crippen LogP contribution in [0.3, 0.4) is 0 Å². The van der Waals surface area contributed by atoms with Gasteiger partial charge < -0.3 is 25.4 Å². The van der Waals surface area contributed by atoms with Crippen LogP contribution < -0.4 is 20.5 Å². The highest BCUT2D eigenvalue weighted by atomic mass is 16.5. The van der Waals surface area contributed by atoms with Gasteiger partial charge in [-0.2, -0.15) is 0 Å². The molecule has 0 spiro atoms. The van der Waals surface area contributed by atoms with Crippen molar-refractivity contribution in [3.8, 4) is 11.5 Å². The Balaban J connectivity index is 1.52. The Labute approximate surface area is 189 Å². The Morgan fingerprint density at radius 1 is 1.09 bits per heavy atom. The van der Waals surface area contributed by atoms with Gasteiger partial charge in [0.25, 0.3) is 5.91 Å². The topological polar surface area (TPSA) is 93.9 Å². The number of likely N-dealkylation sites (tertiary alicyclic amines) is 1. The molecule has 0 unspecified atom stereocenters. The molecule has 1 aliphatic rings. The van der Waals surface area contributed by atoms with Crippen LogP contribution in [-0.2, 0) is 11.2 Å². The average molecular weight is 440 g/mol. The van der Waals surface area contributed by atoms with Gasteiger partial charge in [0.05, 0.1) is 13.2 Å². The molecule has 2 aromatic carbocycles. The van der Waals surface area contributed by atoms with Crippen molar-refractivity contribution in [2.24, 2.45) is 11.7 Å². The number of nitrogens with two attached hydrogens (primary N) is 1. The molecule has 32 heavy (non-hydrogen) atoms. The van der Waals surface area contributed by atoms with E-state index in [1.807, 2.05) is 38.1 Å². The van der Waals surface area contributed by atoms with Gasteiger partial charge in [-0.15, -0.1) is 0 Å². The summed E-state index contributed by atoms with van der Waals surface area (Å²) in [6, 6.07) is 13.1. The molecule has 7 heteroatoms. The van der Waals surface area contributed by atoms with Crippen LogP contribution in [0.25, 0.3) is 0 Å². The van der Waals surface area contributed by atoms with Gasteiger partial charge in [0.2, 0.25) is 5.91 Å². The molecule has 0 saturated carbocycles. The van der Waals surface area contributed by atoms with Crippen LogP contribution in [0.5, 0.6) is 11.5 Å². The quantitative estimate of drug-likeness (QED) is 0.624. The molecule has 1 aliphatic heterocycles. The number of hydrogen-bond acceptors (Lipinski definition) is 5. The van der Waals surface area contributed by atoms with Crippen LogP contribution >= 0.6 is 0 Å². The minimum Gasteiger partial charge on any atom is -0.493 e. The molecule has 7 nitrogen and oxygen atoms in total. The number of hydrogen-bond donors (Lipinski definition) is 2. The van der Waals surface area contributed by atoms with Crippen molar-refractivity contribution in [1.82, 2.24) is 4.90 Å². The number of primary amides is 1. The summed E-state index contributed by atoms with van der Waals surface area (Å²) in [5, 5.41) is 2.93. The normalized spacial score (nSPS) is 14.9. The van der Waals surface area contributed by atoms with E-state index < -0.39 is 0 Å². The highest BCUT2D eigenvalue weighted by Gasteiger charge is 2.22. The van der Waals surface area contributed by atoms with Crippen molar-refractivity contribution in [3.63, 3.8) is 0 Å². The number of nitrogens with one attached hydrogen (secondary N) is 1. The standard InChI is InChI=1S/C25H33N3O4/c1-17(2)32-22-9-6-20(16-23(22)31-3)25(30)27-21-7-4-18(5-8-21)10-13-28-14-11-19(12-15-28)24(26)29/h4-9,16-17,19H,10-15H2,1-3H3,(H2,26,29)(H,27,30). The molecular weight excluding hydrogens is 406 g/mol. The van der Waals surface area contributed by atoms with E-state index >= 15 is 0 Å². The number of nitrogens with zero attached hydrogens (tertiary/aromatic N) is 1. The Morgan fingerprint density at radius 3 is 2.38 bits per heavy atom.